The monoisotopic (exact) mass is 335 g/mol. The Bertz CT molecular complexity index is 817. The Morgan fingerprint density at radius 2 is 1.72 bits per heavy atom. The smallest absolute Gasteiger partial charge is 0.130 e. The molecule has 0 aliphatic rings. The molecule has 0 saturated carbocycles. The van der Waals surface area contributed by atoms with Crippen molar-refractivity contribution in [1.82, 2.24) is 10.2 Å². The lowest BCUT2D eigenvalue weighted by atomic mass is 9.82. The summed E-state index contributed by atoms with van der Waals surface area (Å²) in [6.07, 6.45) is 1.11. The molecule has 0 unspecified atom stereocenters. The average molecular weight is 335 g/mol. The van der Waals surface area contributed by atoms with E-state index in [9.17, 15) is 0 Å². The maximum Gasteiger partial charge on any atom is 0.130 e. The number of aromatic amines is 1. The summed E-state index contributed by atoms with van der Waals surface area (Å²) in [5.41, 5.74) is 10.8. The molecular formula is C21H25N3O. The molecule has 0 saturated heterocycles. The molecule has 0 radical (unpaired) electrons. The first-order chi connectivity index (χ1) is 12.0. The highest BCUT2D eigenvalue weighted by Gasteiger charge is 2.17. The number of H-pyrrole nitrogens is 1. The van der Waals surface area contributed by atoms with E-state index in [4.69, 9.17) is 10.5 Å². The van der Waals surface area contributed by atoms with Crippen molar-refractivity contribution >= 4 is 5.69 Å². The van der Waals surface area contributed by atoms with E-state index in [1.165, 1.54) is 5.56 Å². The third kappa shape index (κ3) is 4.02. The van der Waals surface area contributed by atoms with Gasteiger partial charge in [-0.2, -0.15) is 5.10 Å². The minimum absolute atomic E-state index is 0.190. The molecule has 25 heavy (non-hydrogen) atoms. The van der Waals surface area contributed by atoms with Gasteiger partial charge in [-0.25, -0.2) is 0 Å². The first-order valence-corrected chi connectivity index (χ1v) is 8.61. The molecule has 0 spiro atoms. The van der Waals surface area contributed by atoms with Crippen molar-refractivity contribution in [3.05, 3.63) is 65.9 Å². The minimum Gasteiger partial charge on any atom is -0.487 e. The molecule has 3 N–H and O–H groups in total. The SMILES string of the molecule is CCC(C)(C)c1ccc(OCc2cc(-c3ccc(N)cc3)n[nH]2)cc1. The molecule has 0 bridgehead atoms. The van der Waals surface area contributed by atoms with Crippen LogP contribution in [0, 0.1) is 0 Å². The Morgan fingerprint density at radius 3 is 2.36 bits per heavy atom. The van der Waals surface area contributed by atoms with Gasteiger partial charge in [-0.1, -0.05) is 45.0 Å². The molecule has 4 nitrogen and oxygen atoms in total. The van der Waals surface area contributed by atoms with E-state index in [2.05, 4.69) is 43.1 Å². The number of hydrogen-bond acceptors (Lipinski definition) is 3. The van der Waals surface area contributed by atoms with Crippen LogP contribution in [0.15, 0.2) is 54.6 Å². The van der Waals surface area contributed by atoms with Crippen molar-refractivity contribution in [2.75, 3.05) is 5.73 Å². The van der Waals surface area contributed by atoms with Gasteiger partial charge in [0.1, 0.15) is 12.4 Å². The Labute approximate surface area is 149 Å². The fraction of sp³-hybridized carbons (Fsp3) is 0.286. The van der Waals surface area contributed by atoms with Crippen molar-refractivity contribution in [2.24, 2.45) is 0 Å². The summed E-state index contributed by atoms with van der Waals surface area (Å²) in [5.74, 6) is 0.860. The summed E-state index contributed by atoms with van der Waals surface area (Å²) in [4.78, 5) is 0. The molecular weight excluding hydrogens is 310 g/mol. The fourth-order valence-electron chi connectivity index (χ4n) is 2.60. The van der Waals surface area contributed by atoms with Crippen LogP contribution >= 0.6 is 0 Å². The average Bonchev–Trinajstić information content (AvgIpc) is 3.10. The number of nitrogens with two attached hydrogens (primary N) is 1. The van der Waals surface area contributed by atoms with Crippen LogP contribution in [0.5, 0.6) is 5.75 Å². The normalized spacial score (nSPS) is 11.5. The number of aromatic nitrogens is 2. The maximum atomic E-state index is 5.87. The molecule has 0 fully saturated rings. The summed E-state index contributed by atoms with van der Waals surface area (Å²) >= 11 is 0. The summed E-state index contributed by atoms with van der Waals surface area (Å²) in [5, 5.41) is 7.37. The predicted octanol–water partition coefficient (Wildman–Crippen LogP) is 4.93. The molecule has 0 aliphatic heterocycles. The molecule has 3 rings (SSSR count). The predicted molar refractivity (Wildman–Crippen MR) is 103 cm³/mol. The lowest BCUT2D eigenvalue weighted by Gasteiger charge is -2.23. The highest BCUT2D eigenvalue weighted by molar-refractivity contribution is 5.61. The van der Waals surface area contributed by atoms with Gasteiger partial charge in [0, 0.05) is 11.3 Å². The first kappa shape index (κ1) is 17.1. The van der Waals surface area contributed by atoms with Crippen molar-refractivity contribution in [1.29, 1.82) is 0 Å². The summed E-state index contributed by atoms with van der Waals surface area (Å²) in [7, 11) is 0. The summed E-state index contributed by atoms with van der Waals surface area (Å²) in [6.45, 7) is 7.18. The highest BCUT2D eigenvalue weighted by Crippen LogP contribution is 2.28. The second-order valence-electron chi connectivity index (χ2n) is 6.95. The van der Waals surface area contributed by atoms with Gasteiger partial charge in [0.2, 0.25) is 0 Å². The second-order valence-corrected chi connectivity index (χ2v) is 6.95. The zero-order valence-corrected chi connectivity index (χ0v) is 15.0. The van der Waals surface area contributed by atoms with Crippen LogP contribution in [0.2, 0.25) is 0 Å². The molecule has 3 aromatic rings. The van der Waals surface area contributed by atoms with E-state index in [-0.39, 0.29) is 5.41 Å². The number of nitrogens with zero attached hydrogens (tertiary/aromatic N) is 1. The van der Waals surface area contributed by atoms with Crippen LogP contribution in [0.4, 0.5) is 5.69 Å². The number of nitrogen functional groups attached to an aromatic ring is 1. The number of rotatable bonds is 6. The van der Waals surface area contributed by atoms with Gasteiger partial charge in [-0.3, -0.25) is 5.10 Å². The molecule has 2 aromatic carbocycles. The van der Waals surface area contributed by atoms with Crippen LogP contribution < -0.4 is 10.5 Å². The van der Waals surface area contributed by atoms with Crippen LogP contribution in [-0.2, 0) is 12.0 Å². The van der Waals surface area contributed by atoms with Crippen LogP contribution in [0.1, 0.15) is 38.4 Å². The summed E-state index contributed by atoms with van der Waals surface area (Å²) in [6, 6.07) is 18.0. The van der Waals surface area contributed by atoms with Gasteiger partial charge < -0.3 is 10.5 Å². The van der Waals surface area contributed by atoms with Gasteiger partial charge in [0.05, 0.1) is 11.4 Å². The van der Waals surface area contributed by atoms with E-state index in [1.54, 1.807) is 0 Å². The van der Waals surface area contributed by atoms with Crippen molar-refractivity contribution in [3.63, 3.8) is 0 Å². The molecule has 4 heteroatoms. The third-order valence-corrected chi connectivity index (χ3v) is 4.75. The molecule has 1 heterocycles. The van der Waals surface area contributed by atoms with Crippen molar-refractivity contribution in [2.45, 2.75) is 39.2 Å². The molecule has 0 amide bonds. The van der Waals surface area contributed by atoms with E-state index in [0.29, 0.717) is 6.61 Å². The molecule has 130 valence electrons. The van der Waals surface area contributed by atoms with E-state index < -0.39 is 0 Å². The maximum absolute atomic E-state index is 5.87. The Hall–Kier alpha value is -2.75. The molecule has 0 aliphatic carbocycles. The van der Waals surface area contributed by atoms with Crippen molar-refractivity contribution in [3.8, 4) is 17.0 Å². The third-order valence-electron chi connectivity index (χ3n) is 4.75. The number of benzene rings is 2. The number of hydrogen-bond donors (Lipinski definition) is 2. The summed E-state index contributed by atoms with van der Waals surface area (Å²) < 4.78 is 5.87. The zero-order chi connectivity index (χ0) is 17.9. The fourth-order valence-corrected chi connectivity index (χ4v) is 2.60. The number of anilines is 1. The van der Waals surface area contributed by atoms with E-state index >= 15 is 0 Å². The Morgan fingerprint density at radius 1 is 1.04 bits per heavy atom. The number of ether oxygens (including phenoxy) is 1. The molecule has 0 atom stereocenters. The highest BCUT2D eigenvalue weighted by atomic mass is 16.5. The topological polar surface area (TPSA) is 63.9 Å². The Kier molecular flexibility index (Phi) is 4.79. The standard InChI is InChI=1S/C21H25N3O/c1-4-21(2,3)16-7-11-19(12-8-16)25-14-18-13-20(24-23-18)15-5-9-17(22)10-6-15/h5-13H,4,14,22H2,1-3H3,(H,23,24). The van der Waals surface area contributed by atoms with Gasteiger partial charge >= 0.3 is 0 Å². The lowest BCUT2D eigenvalue weighted by Crippen LogP contribution is -2.15. The van der Waals surface area contributed by atoms with E-state index in [1.807, 2.05) is 42.5 Å². The number of nitrogens with one attached hydrogen (secondary N) is 1. The lowest BCUT2D eigenvalue weighted by molar-refractivity contribution is 0.301. The Balaban J connectivity index is 1.63. The van der Waals surface area contributed by atoms with Crippen LogP contribution in [0.25, 0.3) is 11.3 Å². The van der Waals surface area contributed by atoms with Gasteiger partial charge in [-0.05, 0) is 47.7 Å². The van der Waals surface area contributed by atoms with Gasteiger partial charge in [0.25, 0.3) is 0 Å². The van der Waals surface area contributed by atoms with Crippen LogP contribution in [0.3, 0.4) is 0 Å². The van der Waals surface area contributed by atoms with Gasteiger partial charge in [-0.15, -0.1) is 0 Å². The minimum atomic E-state index is 0.190. The van der Waals surface area contributed by atoms with Crippen molar-refractivity contribution < 1.29 is 4.74 Å². The zero-order valence-electron chi connectivity index (χ0n) is 15.0. The largest absolute Gasteiger partial charge is 0.487 e. The van der Waals surface area contributed by atoms with Crippen LogP contribution in [-0.4, -0.2) is 10.2 Å². The van der Waals surface area contributed by atoms with E-state index in [0.717, 1.165) is 34.8 Å². The van der Waals surface area contributed by atoms with Gasteiger partial charge in [0.15, 0.2) is 0 Å². The quantitative estimate of drug-likeness (QED) is 0.628. The second kappa shape index (κ2) is 7.01. The first-order valence-electron chi connectivity index (χ1n) is 8.61. The molecule has 1 aromatic heterocycles.